The van der Waals surface area contributed by atoms with Crippen LogP contribution >= 0.6 is 0 Å². The Labute approximate surface area is 61.1 Å². The summed E-state index contributed by atoms with van der Waals surface area (Å²) in [4.78, 5) is 1.88. The van der Waals surface area contributed by atoms with Crippen LogP contribution in [0.3, 0.4) is 0 Å². The van der Waals surface area contributed by atoms with E-state index < -0.39 is 0 Å². The molecule has 3 heteroatoms. The standard InChI is InChI=1S/C7H14N3/c1-10-8-6-4-2-3-5-7(6)9-10/h6-7H,2-5H2,1H3,(H,8,9)/q+1. The number of rotatable bonds is 0. The quantitative estimate of drug-likeness (QED) is 0.497. The van der Waals surface area contributed by atoms with Gasteiger partial charge >= 0.3 is 0 Å². The Morgan fingerprint density at radius 1 is 1.40 bits per heavy atom. The number of hydrazine groups is 1. The van der Waals surface area contributed by atoms with Crippen molar-refractivity contribution >= 4 is 0 Å². The molecule has 1 fully saturated rings. The van der Waals surface area contributed by atoms with E-state index in [1.165, 1.54) is 25.7 Å². The summed E-state index contributed by atoms with van der Waals surface area (Å²) in [6, 6.07) is 1.23. The predicted octanol–water partition coefficient (Wildman–Crippen LogP) is 0.910. The van der Waals surface area contributed by atoms with Gasteiger partial charge in [0.25, 0.3) is 0 Å². The highest BCUT2D eigenvalue weighted by molar-refractivity contribution is 4.83. The maximum atomic E-state index is 4.43. The van der Waals surface area contributed by atoms with Gasteiger partial charge in [0.15, 0.2) is 7.05 Å². The Bertz CT molecular complexity index is 164. The molecule has 0 radical (unpaired) electrons. The second-order valence-electron chi connectivity index (χ2n) is 3.23. The van der Waals surface area contributed by atoms with Gasteiger partial charge in [-0.25, -0.2) is 0 Å². The van der Waals surface area contributed by atoms with Crippen LogP contribution in [0.5, 0.6) is 0 Å². The fourth-order valence-corrected chi connectivity index (χ4v) is 1.90. The molecule has 2 atom stereocenters. The van der Waals surface area contributed by atoms with Crippen LogP contribution < -0.4 is 5.43 Å². The first-order valence-electron chi connectivity index (χ1n) is 4.07. The third-order valence-electron chi connectivity index (χ3n) is 2.40. The number of hydrogen-bond acceptors (Lipinski definition) is 2. The van der Waals surface area contributed by atoms with Gasteiger partial charge in [-0.2, -0.15) is 5.43 Å². The van der Waals surface area contributed by atoms with Crippen LogP contribution in [0.4, 0.5) is 0 Å². The number of fused-ring (bicyclic) bond motifs is 1. The van der Waals surface area contributed by atoms with Crippen molar-refractivity contribution in [3.8, 4) is 0 Å². The summed E-state index contributed by atoms with van der Waals surface area (Å²) in [5.74, 6) is 0. The van der Waals surface area contributed by atoms with E-state index >= 15 is 0 Å². The van der Waals surface area contributed by atoms with E-state index in [2.05, 4.69) is 10.5 Å². The van der Waals surface area contributed by atoms with E-state index in [1.807, 2.05) is 11.9 Å². The van der Waals surface area contributed by atoms with Crippen molar-refractivity contribution in [2.45, 2.75) is 37.8 Å². The lowest BCUT2D eigenvalue weighted by Gasteiger charge is -2.17. The summed E-state index contributed by atoms with van der Waals surface area (Å²) in [5.41, 5.74) is 3.32. The van der Waals surface area contributed by atoms with E-state index in [-0.39, 0.29) is 0 Å². The molecule has 10 heavy (non-hydrogen) atoms. The molecule has 1 aliphatic carbocycles. The van der Waals surface area contributed by atoms with Gasteiger partial charge in [0.2, 0.25) is 0 Å². The predicted molar refractivity (Wildman–Crippen MR) is 37.8 cm³/mol. The van der Waals surface area contributed by atoms with Gasteiger partial charge in [-0.15, -0.1) is 0 Å². The summed E-state index contributed by atoms with van der Waals surface area (Å²) < 4.78 is 0. The Hall–Kier alpha value is -0.600. The van der Waals surface area contributed by atoms with Gasteiger partial charge in [0.1, 0.15) is 12.1 Å². The van der Waals surface area contributed by atoms with Crippen molar-refractivity contribution in [1.29, 1.82) is 0 Å². The lowest BCUT2D eigenvalue weighted by atomic mass is 9.92. The number of azo groups is 1. The first-order chi connectivity index (χ1) is 4.86. The molecule has 1 N–H and O–H groups in total. The fourth-order valence-electron chi connectivity index (χ4n) is 1.90. The zero-order chi connectivity index (χ0) is 6.97. The Morgan fingerprint density at radius 3 is 3.00 bits per heavy atom. The van der Waals surface area contributed by atoms with Crippen LogP contribution in [0.25, 0.3) is 0 Å². The number of nitrogens with zero attached hydrogens (tertiary/aromatic N) is 2. The molecule has 1 heterocycles. The summed E-state index contributed by atoms with van der Waals surface area (Å²) in [5, 5.41) is 4.43. The third-order valence-corrected chi connectivity index (χ3v) is 2.40. The minimum absolute atomic E-state index is 0.582. The summed E-state index contributed by atoms with van der Waals surface area (Å²) in [7, 11) is 1.98. The SMILES string of the molecule is C[N+]1=NC2CCCCC2N1. The zero-order valence-electron chi connectivity index (χ0n) is 6.38. The van der Waals surface area contributed by atoms with E-state index in [4.69, 9.17) is 0 Å². The molecule has 0 saturated heterocycles. The van der Waals surface area contributed by atoms with Crippen LogP contribution in [0, 0.1) is 0 Å². The molecular formula is C7H14N3+. The molecular weight excluding hydrogens is 126 g/mol. The monoisotopic (exact) mass is 140 g/mol. The van der Waals surface area contributed by atoms with E-state index in [9.17, 15) is 0 Å². The molecule has 0 spiro atoms. The van der Waals surface area contributed by atoms with Gasteiger partial charge in [0.05, 0.1) is 0 Å². The lowest BCUT2D eigenvalue weighted by molar-refractivity contribution is -0.613. The second-order valence-corrected chi connectivity index (χ2v) is 3.23. The van der Waals surface area contributed by atoms with Gasteiger partial charge in [-0.05, 0) is 22.8 Å². The van der Waals surface area contributed by atoms with Crippen molar-refractivity contribution in [3.05, 3.63) is 0 Å². The molecule has 2 unspecified atom stereocenters. The Morgan fingerprint density at radius 2 is 2.20 bits per heavy atom. The van der Waals surface area contributed by atoms with Gasteiger partial charge in [-0.1, -0.05) is 12.8 Å². The average Bonchev–Trinajstić information content (AvgIpc) is 2.27. The molecule has 0 bridgehead atoms. The molecule has 0 aromatic heterocycles. The lowest BCUT2D eigenvalue weighted by Crippen LogP contribution is -2.36. The van der Waals surface area contributed by atoms with Crippen molar-refractivity contribution in [2.24, 2.45) is 5.11 Å². The van der Waals surface area contributed by atoms with Gasteiger partial charge in [0, 0.05) is 0 Å². The third kappa shape index (κ3) is 0.895. The van der Waals surface area contributed by atoms with Crippen LogP contribution in [0.1, 0.15) is 25.7 Å². The minimum Gasteiger partial charge on any atom is -0.169 e. The maximum Gasteiger partial charge on any atom is 0.190 e. The van der Waals surface area contributed by atoms with Crippen molar-refractivity contribution < 1.29 is 4.81 Å². The normalized spacial score (nSPS) is 38.3. The molecule has 56 valence electrons. The highest BCUT2D eigenvalue weighted by Crippen LogP contribution is 2.23. The highest BCUT2D eigenvalue weighted by Gasteiger charge is 2.34. The molecule has 0 aromatic rings. The molecule has 3 nitrogen and oxygen atoms in total. The largest absolute Gasteiger partial charge is 0.190 e. The summed E-state index contributed by atoms with van der Waals surface area (Å²) in [6.07, 6.45) is 5.32. The molecule has 2 rings (SSSR count). The van der Waals surface area contributed by atoms with Crippen molar-refractivity contribution in [3.63, 3.8) is 0 Å². The summed E-state index contributed by atoms with van der Waals surface area (Å²) in [6.45, 7) is 0. The molecule has 2 aliphatic rings. The van der Waals surface area contributed by atoms with Gasteiger partial charge in [-0.3, -0.25) is 0 Å². The van der Waals surface area contributed by atoms with Gasteiger partial charge < -0.3 is 0 Å². The van der Waals surface area contributed by atoms with Crippen molar-refractivity contribution in [1.82, 2.24) is 5.43 Å². The number of hydrogen-bond donors (Lipinski definition) is 1. The zero-order valence-corrected chi connectivity index (χ0v) is 6.38. The minimum atomic E-state index is 0.582. The van der Waals surface area contributed by atoms with Crippen LogP contribution in [0.15, 0.2) is 5.11 Å². The maximum absolute atomic E-state index is 4.43. The second kappa shape index (κ2) is 2.22. The smallest absolute Gasteiger partial charge is 0.169 e. The topological polar surface area (TPSA) is 27.4 Å². The first kappa shape index (κ1) is 6.13. The molecule has 0 aromatic carbocycles. The van der Waals surface area contributed by atoms with E-state index in [0.717, 1.165) is 0 Å². The van der Waals surface area contributed by atoms with Crippen molar-refractivity contribution in [2.75, 3.05) is 7.05 Å². The average molecular weight is 140 g/mol. The van der Waals surface area contributed by atoms with Crippen LogP contribution in [-0.4, -0.2) is 23.9 Å². The summed E-state index contributed by atoms with van der Waals surface area (Å²) >= 11 is 0. The first-order valence-corrected chi connectivity index (χ1v) is 4.07. The van der Waals surface area contributed by atoms with E-state index in [1.54, 1.807) is 0 Å². The molecule has 1 aliphatic heterocycles. The Balaban J connectivity index is 2.06. The fraction of sp³-hybridized carbons (Fsp3) is 1.00. The Kier molecular flexibility index (Phi) is 1.36. The molecule has 0 amide bonds. The molecule has 1 saturated carbocycles. The number of nitrogens with one attached hydrogen (secondary N) is 1. The highest BCUT2D eigenvalue weighted by atomic mass is 15.6. The van der Waals surface area contributed by atoms with Crippen LogP contribution in [0.2, 0.25) is 0 Å². The van der Waals surface area contributed by atoms with Crippen LogP contribution in [-0.2, 0) is 0 Å². The van der Waals surface area contributed by atoms with E-state index in [0.29, 0.717) is 12.1 Å².